The number of anilines is 2. The average Bonchev–Trinajstić information content (AvgIpc) is 2.60. The summed E-state index contributed by atoms with van der Waals surface area (Å²) in [4.78, 5) is 1.97. The number of rotatable bonds is 5. The minimum atomic E-state index is -0.342. The highest BCUT2D eigenvalue weighted by atomic mass is 32.2. The minimum absolute atomic E-state index is 0.229. The third-order valence-electron chi connectivity index (χ3n) is 3.71. The zero-order chi connectivity index (χ0) is 18.4. The molecule has 0 spiro atoms. The summed E-state index contributed by atoms with van der Waals surface area (Å²) in [5.41, 5.74) is 7.30. The summed E-state index contributed by atoms with van der Waals surface area (Å²) in [6.45, 7) is 1.67. The van der Waals surface area contributed by atoms with E-state index < -0.39 is 0 Å². The molecule has 0 aliphatic carbocycles. The summed E-state index contributed by atoms with van der Waals surface area (Å²) in [6, 6.07) is 4.83. The van der Waals surface area contributed by atoms with Crippen molar-refractivity contribution < 1.29 is 9.13 Å². The largest absolute Gasteiger partial charge is 0.474 e. The first-order chi connectivity index (χ1) is 11.9. The lowest BCUT2D eigenvalue weighted by atomic mass is 10.2. The second kappa shape index (κ2) is 8.97. The molecule has 0 bridgehead atoms. The average molecular weight is 387 g/mol. The summed E-state index contributed by atoms with van der Waals surface area (Å²) in [7, 11) is 1.16. The van der Waals surface area contributed by atoms with Gasteiger partial charge in [0.2, 0.25) is 0 Å². The highest BCUT2D eigenvalue weighted by Crippen LogP contribution is 2.25. The second-order valence-corrected chi connectivity index (χ2v) is 7.65. The fraction of sp³-hybridized carbons (Fsp3) is 0.400. The van der Waals surface area contributed by atoms with Crippen molar-refractivity contribution in [1.29, 1.82) is 4.78 Å². The molecule has 1 aromatic carbocycles. The fourth-order valence-electron chi connectivity index (χ4n) is 2.35. The maximum atomic E-state index is 14.5. The summed E-state index contributed by atoms with van der Waals surface area (Å²) in [5.74, 6) is 7.14. The molecule has 1 fully saturated rings. The normalized spacial score (nSPS) is 15.8. The van der Waals surface area contributed by atoms with E-state index in [0.29, 0.717) is 30.2 Å². The van der Waals surface area contributed by atoms with Crippen molar-refractivity contribution in [3.63, 3.8) is 0 Å². The van der Waals surface area contributed by atoms with Gasteiger partial charge in [-0.05, 0) is 24.4 Å². The third kappa shape index (κ3) is 5.55. The Hall–Kier alpha value is -1.91. The summed E-state index contributed by atoms with van der Waals surface area (Å²) in [6.07, 6.45) is 1.49. The zero-order valence-corrected chi connectivity index (χ0v) is 15.6. The molecular weight excluding hydrogens is 363 g/mol. The number of hydrogen-bond donors (Lipinski definition) is 4. The van der Waals surface area contributed by atoms with Crippen molar-refractivity contribution in [2.45, 2.75) is 0 Å². The molecule has 0 atom stereocenters. The lowest BCUT2D eigenvalue weighted by Gasteiger charge is -2.30. The lowest BCUT2D eigenvalue weighted by Crippen LogP contribution is -2.38. The van der Waals surface area contributed by atoms with Crippen molar-refractivity contribution >= 4 is 39.5 Å². The molecule has 1 aliphatic rings. The van der Waals surface area contributed by atoms with Gasteiger partial charge in [-0.2, -0.15) is 0 Å². The van der Waals surface area contributed by atoms with Crippen LogP contribution in [-0.2, 0) is 15.4 Å². The number of nitrogens with one attached hydrogen (secondary N) is 2. The van der Waals surface area contributed by atoms with Crippen LogP contribution in [0.2, 0.25) is 0 Å². The van der Waals surface area contributed by atoms with Crippen LogP contribution in [0.1, 0.15) is 0 Å². The van der Waals surface area contributed by atoms with Crippen molar-refractivity contribution in [2.24, 2.45) is 11.6 Å². The number of hydrazine groups is 1. The maximum Gasteiger partial charge on any atom is 0.256 e. The molecular formula is C15H23FN6OS2. The first kappa shape index (κ1) is 19.4. The Bertz CT molecular complexity index is 674. The minimum Gasteiger partial charge on any atom is -0.474 e. The Morgan fingerprint density at radius 2 is 2.20 bits per heavy atom. The SMILES string of the molecule is COC(=S)NC/C(N)=C/N(N)c1ccc(N2CCS(=N)CC2)c(F)c1. The Labute approximate surface area is 154 Å². The number of benzene rings is 1. The van der Waals surface area contributed by atoms with E-state index in [1.807, 2.05) is 4.90 Å². The quantitative estimate of drug-likeness (QED) is 0.340. The predicted molar refractivity (Wildman–Crippen MR) is 105 cm³/mol. The second-order valence-electron chi connectivity index (χ2n) is 5.48. The first-order valence-electron chi connectivity index (χ1n) is 7.66. The predicted octanol–water partition coefficient (Wildman–Crippen LogP) is 1.03. The molecule has 0 saturated carbocycles. The number of nitrogens with zero attached hydrogens (tertiary/aromatic N) is 2. The molecule has 1 heterocycles. The number of ether oxygens (including phenoxy) is 1. The molecule has 0 radical (unpaired) electrons. The Kier molecular flexibility index (Phi) is 6.97. The van der Waals surface area contributed by atoms with Gasteiger partial charge in [0, 0.05) is 42.6 Å². The standard InChI is InChI=1S/C15H23FN6OS2/c1-23-15(24)20-9-11(17)10-22(18)12-2-3-14(13(16)8-12)21-4-6-25(19)7-5-21/h2-3,8,10,19H,4-7,9,17-18H2,1H3,(H,20,24)/b11-10-. The maximum absolute atomic E-state index is 14.5. The highest BCUT2D eigenvalue weighted by Gasteiger charge is 2.17. The van der Waals surface area contributed by atoms with E-state index in [2.05, 4.69) is 5.32 Å². The molecule has 0 aromatic heterocycles. The van der Waals surface area contributed by atoms with Crippen LogP contribution in [0.25, 0.3) is 0 Å². The van der Waals surface area contributed by atoms with Crippen molar-refractivity contribution in [3.8, 4) is 0 Å². The Balaban J connectivity index is 2.03. The van der Waals surface area contributed by atoms with Crippen LogP contribution >= 0.6 is 12.2 Å². The van der Waals surface area contributed by atoms with Gasteiger partial charge in [0.1, 0.15) is 5.82 Å². The molecule has 10 heteroatoms. The van der Waals surface area contributed by atoms with Crippen LogP contribution in [0.3, 0.4) is 0 Å². The van der Waals surface area contributed by atoms with Crippen LogP contribution in [0.5, 0.6) is 0 Å². The van der Waals surface area contributed by atoms with E-state index in [-0.39, 0.29) is 28.2 Å². The van der Waals surface area contributed by atoms with Gasteiger partial charge in [-0.3, -0.25) is 9.79 Å². The van der Waals surface area contributed by atoms with Gasteiger partial charge < -0.3 is 20.7 Å². The van der Waals surface area contributed by atoms with E-state index in [0.717, 1.165) is 11.5 Å². The Morgan fingerprint density at radius 1 is 1.52 bits per heavy atom. The molecule has 1 aromatic rings. The fourth-order valence-corrected chi connectivity index (χ4v) is 3.51. The third-order valence-corrected chi connectivity index (χ3v) is 5.37. The van der Waals surface area contributed by atoms with Gasteiger partial charge in [0.15, 0.2) is 0 Å². The van der Waals surface area contributed by atoms with Gasteiger partial charge in [-0.25, -0.2) is 10.2 Å². The van der Waals surface area contributed by atoms with E-state index in [1.165, 1.54) is 24.4 Å². The molecule has 138 valence electrons. The number of nitrogens with two attached hydrogens (primary N) is 2. The van der Waals surface area contributed by atoms with Crippen LogP contribution in [0.15, 0.2) is 30.1 Å². The van der Waals surface area contributed by atoms with E-state index in [1.54, 1.807) is 12.1 Å². The molecule has 2 rings (SSSR count). The molecule has 7 nitrogen and oxygen atoms in total. The summed E-state index contributed by atoms with van der Waals surface area (Å²) < 4.78 is 27.0. The van der Waals surface area contributed by atoms with Gasteiger partial charge in [0.05, 0.1) is 25.0 Å². The van der Waals surface area contributed by atoms with E-state index >= 15 is 0 Å². The van der Waals surface area contributed by atoms with Gasteiger partial charge in [-0.15, -0.1) is 10.7 Å². The van der Waals surface area contributed by atoms with Gasteiger partial charge >= 0.3 is 0 Å². The number of methoxy groups -OCH3 is 1. The van der Waals surface area contributed by atoms with Gasteiger partial charge in [-0.1, -0.05) is 0 Å². The zero-order valence-electron chi connectivity index (χ0n) is 14.0. The monoisotopic (exact) mass is 386 g/mol. The molecule has 1 aliphatic heterocycles. The highest BCUT2D eigenvalue weighted by molar-refractivity contribution is 7.86. The molecule has 25 heavy (non-hydrogen) atoms. The lowest BCUT2D eigenvalue weighted by molar-refractivity contribution is 0.395. The topological polar surface area (TPSA) is 104 Å². The van der Waals surface area contributed by atoms with Crippen LogP contribution in [-0.4, -0.2) is 43.4 Å². The summed E-state index contributed by atoms with van der Waals surface area (Å²) >= 11 is 4.86. The van der Waals surface area contributed by atoms with Crippen LogP contribution < -0.4 is 26.8 Å². The molecule has 0 unspecified atom stereocenters. The van der Waals surface area contributed by atoms with Crippen molar-refractivity contribution in [3.05, 3.63) is 35.9 Å². The molecule has 1 saturated heterocycles. The first-order valence-corrected chi connectivity index (χ1v) is 9.63. The smallest absolute Gasteiger partial charge is 0.256 e. The Morgan fingerprint density at radius 3 is 2.80 bits per heavy atom. The van der Waals surface area contributed by atoms with E-state index in [4.69, 9.17) is 33.3 Å². The van der Waals surface area contributed by atoms with Crippen LogP contribution in [0.4, 0.5) is 15.8 Å². The number of thiocarbonyl (C=S) groups is 1. The molecule has 6 N–H and O–H groups in total. The number of hydrogen-bond acceptors (Lipinski definition) is 7. The van der Waals surface area contributed by atoms with E-state index in [9.17, 15) is 4.39 Å². The summed E-state index contributed by atoms with van der Waals surface area (Å²) in [5, 5.41) is 4.28. The number of halogens is 1. The molecule has 0 amide bonds. The van der Waals surface area contributed by atoms with Gasteiger partial charge in [0.25, 0.3) is 5.17 Å². The van der Waals surface area contributed by atoms with Crippen LogP contribution in [0, 0.1) is 10.6 Å². The van der Waals surface area contributed by atoms with Crippen molar-refractivity contribution in [2.75, 3.05) is 48.2 Å². The van der Waals surface area contributed by atoms with Crippen molar-refractivity contribution in [1.82, 2.24) is 5.32 Å².